The summed E-state index contributed by atoms with van der Waals surface area (Å²) in [5, 5.41) is 2.83. The van der Waals surface area contributed by atoms with Gasteiger partial charge >= 0.3 is 6.09 Å². The molecule has 0 unspecified atom stereocenters. The fourth-order valence-corrected chi connectivity index (χ4v) is 3.16. The van der Waals surface area contributed by atoms with E-state index in [2.05, 4.69) is 16.3 Å². The van der Waals surface area contributed by atoms with E-state index in [0.29, 0.717) is 0 Å². The van der Waals surface area contributed by atoms with Crippen molar-refractivity contribution in [3.8, 4) is 0 Å². The van der Waals surface area contributed by atoms with Gasteiger partial charge in [0, 0.05) is 36.0 Å². The topological polar surface area (TPSA) is 41.6 Å². The summed E-state index contributed by atoms with van der Waals surface area (Å²) in [6.07, 6.45) is -0.409. The van der Waals surface area contributed by atoms with Gasteiger partial charge in [0.25, 0.3) is 0 Å². The Morgan fingerprint density at radius 2 is 1.90 bits per heavy atom. The van der Waals surface area contributed by atoms with Crippen LogP contribution in [0.25, 0.3) is 0 Å². The highest BCUT2D eigenvalue weighted by Crippen LogP contribution is 2.25. The van der Waals surface area contributed by atoms with Gasteiger partial charge in [-0.3, -0.25) is 5.32 Å². The lowest BCUT2D eigenvalue weighted by Crippen LogP contribution is -2.32. The van der Waals surface area contributed by atoms with Gasteiger partial charge in [0.1, 0.15) is 5.60 Å². The zero-order valence-corrected chi connectivity index (χ0v) is 14.0. The summed E-state index contributed by atoms with van der Waals surface area (Å²) in [5.74, 6) is 2.31. The molecule has 4 nitrogen and oxygen atoms in total. The number of benzene rings is 1. The molecule has 5 heteroatoms. The molecule has 0 aromatic heterocycles. The second kappa shape index (κ2) is 6.60. The van der Waals surface area contributed by atoms with Crippen LogP contribution in [0.15, 0.2) is 18.2 Å². The molecule has 0 bridgehead atoms. The van der Waals surface area contributed by atoms with Crippen molar-refractivity contribution in [1.82, 2.24) is 0 Å². The number of hydrogen-bond donors (Lipinski definition) is 1. The molecule has 1 saturated heterocycles. The van der Waals surface area contributed by atoms with E-state index in [1.54, 1.807) is 0 Å². The Kier molecular flexibility index (Phi) is 5.04. The predicted octanol–water partition coefficient (Wildman–Crippen LogP) is 3.90. The molecular formula is C16H24N2O2S. The average molecular weight is 308 g/mol. The van der Waals surface area contributed by atoms with E-state index in [1.165, 1.54) is 5.69 Å². The summed E-state index contributed by atoms with van der Waals surface area (Å²) in [6, 6.07) is 6.15. The zero-order chi connectivity index (χ0) is 15.5. The molecule has 1 N–H and O–H groups in total. The van der Waals surface area contributed by atoms with Crippen molar-refractivity contribution in [3.05, 3.63) is 23.8 Å². The van der Waals surface area contributed by atoms with Crippen molar-refractivity contribution in [2.45, 2.75) is 33.3 Å². The molecule has 0 radical (unpaired) electrons. The Morgan fingerprint density at radius 3 is 2.52 bits per heavy atom. The maximum atomic E-state index is 11.9. The highest BCUT2D eigenvalue weighted by Gasteiger charge is 2.17. The van der Waals surface area contributed by atoms with Gasteiger partial charge in [0.05, 0.1) is 0 Å². The Labute approximate surface area is 131 Å². The normalized spacial score (nSPS) is 15.7. The molecule has 0 saturated carbocycles. The van der Waals surface area contributed by atoms with Crippen molar-refractivity contribution >= 4 is 29.2 Å². The molecule has 2 rings (SSSR count). The summed E-state index contributed by atoms with van der Waals surface area (Å²) in [5.41, 5.74) is 2.61. The summed E-state index contributed by atoms with van der Waals surface area (Å²) in [6.45, 7) is 9.74. The first-order valence-corrected chi connectivity index (χ1v) is 8.43. The van der Waals surface area contributed by atoms with Crippen molar-refractivity contribution in [3.63, 3.8) is 0 Å². The van der Waals surface area contributed by atoms with Crippen LogP contribution in [0.5, 0.6) is 0 Å². The smallest absolute Gasteiger partial charge is 0.412 e. The van der Waals surface area contributed by atoms with E-state index in [0.717, 1.165) is 35.8 Å². The molecule has 1 heterocycles. The SMILES string of the molecule is Cc1cc(NC(=O)OC(C)(C)C)cc(N2CCSCC2)c1. The number of carbonyl (C=O) groups is 1. The Balaban J connectivity index is 2.09. The number of nitrogens with one attached hydrogen (secondary N) is 1. The van der Waals surface area contributed by atoms with Gasteiger partial charge in [-0.15, -0.1) is 0 Å². The first kappa shape index (κ1) is 16.0. The summed E-state index contributed by atoms with van der Waals surface area (Å²) >= 11 is 1.99. The molecule has 1 aliphatic heterocycles. The molecule has 0 atom stereocenters. The molecule has 1 amide bonds. The zero-order valence-electron chi connectivity index (χ0n) is 13.2. The molecule has 0 aliphatic carbocycles. The maximum absolute atomic E-state index is 11.9. The van der Waals surface area contributed by atoms with Crippen LogP contribution in [0.2, 0.25) is 0 Å². The summed E-state index contributed by atoms with van der Waals surface area (Å²) < 4.78 is 5.30. The number of ether oxygens (including phenoxy) is 1. The quantitative estimate of drug-likeness (QED) is 0.900. The van der Waals surface area contributed by atoms with Gasteiger partial charge in [-0.1, -0.05) is 0 Å². The van der Waals surface area contributed by atoms with E-state index in [-0.39, 0.29) is 0 Å². The minimum atomic E-state index is -0.485. The highest BCUT2D eigenvalue weighted by atomic mass is 32.2. The molecule has 0 spiro atoms. The van der Waals surface area contributed by atoms with Crippen molar-refractivity contribution in [2.75, 3.05) is 34.8 Å². The van der Waals surface area contributed by atoms with Crippen LogP contribution >= 0.6 is 11.8 Å². The summed E-state index contributed by atoms with van der Waals surface area (Å²) in [4.78, 5) is 14.2. The number of hydrogen-bond acceptors (Lipinski definition) is 4. The standard InChI is InChI=1S/C16H24N2O2S/c1-12-9-13(17-15(19)20-16(2,3)4)11-14(10-12)18-5-7-21-8-6-18/h9-11H,5-8H2,1-4H3,(H,17,19). The van der Waals surface area contributed by atoms with Gasteiger partial charge in [-0.05, 0) is 51.5 Å². The number of rotatable bonds is 2. The predicted molar refractivity (Wildman–Crippen MR) is 90.6 cm³/mol. The van der Waals surface area contributed by atoms with E-state index in [1.807, 2.05) is 51.6 Å². The fourth-order valence-electron chi connectivity index (χ4n) is 2.26. The van der Waals surface area contributed by atoms with E-state index in [4.69, 9.17) is 4.74 Å². The van der Waals surface area contributed by atoms with Crippen LogP contribution in [-0.4, -0.2) is 36.3 Å². The van der Waals surface area contributed by atoms with Crippen molar-refractivity contribution in [2.24, 2.45) is 0 Å². The van der Waals surface area contributed by atoms with E-state index < -0.39 is 11.7 Å². The van der Waals surface area contributed by atoms with E-state index in [9.17, 15) is 4.79 Å². The Bertz CT molecular complexity index is 505. The largest absolute Gasteiger partial charge is 0.444 e. The second-order valence-electron chi connectivity index (χ2n) is 6.28. The lowest BCUT2D eigenvalue weighted by molar-refractivity contribution is 0.0636. The summed E-state index contributed by atoms with van der Waals surface area (Å²) in [7, 11) is 0. The van der Waals surface area contributed by atoms with Crippen LogP contribution < -0.4 is 10.2 Å². The van der Waals surface area contributed by atoms with Gasteiger partial charge in [-0.2, -0.15) is 11.8 Å². The maximum Gasteiger partial charge on any atom is 0.412 e. The Morgan fingerprint density at radius 1 is 1.24 bits per heavy atom. The number of aryl methyl sites for hydroxylation is 1. The number of anilines is 2. The van der Waals surface area contributed by atoms with Crippen molar-refractivity contribution in [1.29, 1.82) is 0 Å². The van der Waals surface area contributed by atoms with Gasteiger partial charge in [0.15, 0.2) is 0 Å². The van der Waals surface area contributed by atoms with Gasteiger partial charge < -0.3 is 9.64 Å². The Hall–Kier alpha value is -1.36. The number of carbonyl (C=O) groups excluding carboxylic acids is 1. The molecular weight excluding hydrogens is 284 g/mol. The van der Waals surface area contributed by atoms with Crippen LogP contribution in [-0.2, 0) is 4.74 Å². The lowest BCUT2D eigenvalue weighted by Gasteiger charge is -2.29. The molecule has 1 aromatic carbocycles. The monoisotopic (exact) mass is 308 g/mol. The third-order valence-corrected chi connectivity index (χ3v) is 4.03. The lowest BCUT2D eigenvalue weighted by atomic mass is 10.1. The van der Waals surface area contributed by atoms with Crippen molar-refractivity contribution < 1.29 is 9.53 Å². The third kappa shape index (κ3) is 5.16. The first-order chi connectivity index (χ1) is 9.83. The molecule has 116 valence electrons. The van der Waals surface area contributed by atoms with Crippen LogP contribution in [0, 0.1) is 6.92 Å². The van der Waals surface area contributed by atoms with Crippen LogP contribution in [0.4, 0.5) is 16.2 Å². The molecule has 1 fully saturated rings. The number of nitrogens with zero attached hydrogens (tertiary/aromatic N) is 1. The van der Waals surface area contributed by atoms with Crippen LogP contribution in [0.3, 0.4) is 0 Å². The van der Waals surface area contributed by atoms with E-state index >= 15 is 0 Å². The molecule has 1 aliphatic rings. The highest BCUT2D eigenvalue weighted by molar-refractivity contribution is 7.99. The molecule has 1 aromatic rings. The van der Waals surface area contributed by atoms with Gasteiger partial charge in [0.2, 0.25) is 0 Å². The number of thioether (sulfide) groups is 1. The first-order valence-electron chi connectivity index (χ1n) is 7.28. The third-order valence-electron chi connectivity index (χ3n) is 3.08. The second-order valence-corrected chi connectivity index (χ2v) is 7.51. The van der Waals surface area contributed by atoms with Gasteiger partial charge in [-0.25, -0.2) is 4.79 Å². The average Bonchev–Trinajstić information content (AvgIpc) is 2.36. The minimum absolute atomic E-state index is 0.409. The minimum Gasteiger partial charge on any atom is -0.444 e. The van der Waals surface area contributed by atoms with Crippen LogP contribution in [0.1, 0.15) is 26.3 Å². The molecule has 21 heavy (non-hydrogen) atoms. The fraction of sp³-hybridized carbons (Fsp3) is 0.562. The number of amides is 1.